The van der Waals surface area contributed by atoms with E-state index < -0.39 is 0 Å². The molecule has 0 aliphatic rings. The van der Waals surface area contributed by atoms with E-state index in [1.54, 1.807) is 18.4 Å². The summed E-state index contributed by atoms with van der Waals surface area (Å²) in [5, 5.41) is 4.95. The monoisotopic (exact) mass is 304 g/mol. The van der Waals surface area contributed by atoms with Gasteiger partial charge in [-0.25, -0.2) is 4.98 Å². The smallest absolute Gasteiger partial charge is 0.184 e. The van der Waals surface area contributed by atoms with Crippen LogP contribution in [0, 0.1) is 0 Å². The zero-order valence-corrected chi connectivity index (χ0v) is 12.5. The first-order chi connectivity index (χ1) is 9.76. The van der Waals surface area contributed by atoms with Crippen molar-refractivity contribution in [1.82, 2.24) is 4.98 Å². The predicted octanol–water partition coefficient (Wildman–Crippen LogP) is 4.57. The van der Waals surface area contributed by atoms with Gasteiger partial charge in [-0.3, -0.25) is 0 Å². The number of benzene rings is 2. The standard InChI is InChI=1S/C15H13ClN2OS/c1-19-11-7-5-10(6-8-11)9-17-15-18-13-4-2-3-12(16)14(13)20-15/h2-8H,9H2,1H3,(H,17,18). The summed E-state index contributed by atoms with van der Waals surface area (Å²) in [7, 11) is 1.66. The second kappa shape index (κ2) is 5.69. The quantitative estimate of drug-likeness (QED) is 0.766. The number of thiazole rings is 1. The number of anilines is 1. The third-order valence-electron chi connectivity index (χ3n) is 2.97. The van der Waals surface area contributed by atoms with Crippen molar-refractivity contribution >= 4 is 38.3 Å². The van der Waals surface area contributed by atoms with Crippen molar-refractivity contribution in [2.75, 3.05) is 12.4 Å². The van der Waals surface area contributed by atoms with E-state index >= 15 is 0 Å². The number of nitrogens with zero attached hydrogens (tertiary/aromatic N) is 1. The summed E-state index contributed by atoms with van der Waals surface area (Å²) < 4.78 is 6.16. The summed E-state index contributed by atoms with van der Waals surface area (Å²) >= 11 is 7.72. The third kappa shape index (κ3) is 2.71. The average molecular weight is 305 g/mol. The molecule has 3 nitrogen and oxygen atoms in total. The van der Waals surface area contributed by atoms with Crippen LogP contribution in [0.25, 0.3) is 10.2 Å². The molecule has 0 bridgehead atoms. The zero-order valence-electron chi connectivity index (χ0n) is 10.9. The van der Waals surface area contributed by atoms with Crippen molar-refractivity contribution in [2.45, 2.75) is 6.54 Å². The fourth-order valence-corrected chi connectivity index (χ4v) is 3.06. The molecule has 0 unspecified atom stereocenters. The van der Waals surface area contributed by atoms with E-state index in [1.807, 2.05) is 42.5 Å². The van der Waals surface area contributed by atoms with Crippen LogP contribution in [0.1, 0.15) is 5.56 Å². The molecule has 1 aromatic heterocycles. The Kier molecular flexibility index (Phi) is 3.76. The van der Waals surface area contributed by atoms with E-state index in [9.17, 15) is 0 Å². The number of aromatic nitrogens is 1. The topological polar surface area (TPSA) is 34.1 Å². The van der Waals surface area contributed by atoms with Crippen LogP contribution < -0.4 is 10.1 Å². The van der Waals surface area contributed by atoms with E-state index in [-0.39, 0.29) is 0 Å². The first-order valence-electron chi connectivity index (χ1n) is 6.18. The van der Waals surface area contributed by atoms with Gasteiger partial charge in [-0.15, -0.1) is 0 Å². The minimum absolute atomic E-state index is 0.724. The highest BCUT2D eigenvalue weighted by Gasteiger charge is 2.06. The molecule has 5 heteroatoms. The third-order valence-corrected chi connectivity index (χ3v) is 4.46. The molecule has 0 saturated heterocycles. The number of rotatable bonds is 4. The maximum atomic E-state index is 6.15. The molecule has 0 saturated carbocycles. The molecule has 0 atom stereocenters. The zero-order chi connectivity index (χ0) is 13.9. The first kappa shape index (κ1) is 13.2. The van der Waals surface area contributed by atoms with Gasteiger partial charge in [0.25, 0.3) is 0 Å². The molecule has 0 radical (unpaired) electrons. The average Bonchev–Trinajstić information content (AvgIpc) is 2.90. The molecular formula is C15H13ClN2OS. The molecule has 0 aliphatic heterocycles. The van der Waals surface area contributed by atoms with Crippen LogP contribution in [0.15, 0.2) is 42.5 Å². The molecule has 1 heterocycles. The fraction of sp³-hybridized carbons (Fsp3) is 0.133. The van der Waals surface area contributed by atoms with Gasteiger partial charge >= 0.3 is 0 Å². The Morgan fingerprint density at radius 3 is 2.70 bits per heavy atom. The normalized spacial score (nSPS) is 10.7. The lowest BCUT2D eigenvalue weighted by Gasteiger charge is -2.04. The van der Waals surface area contributed by atoms with Gasteiger partial charge < -0.3 is 10.1 Å². The first-order valence-corrected chi connectivity index (χ1v) is 7.37. The molecule has 2 aromatic carbocycles. The van der Waals surface area contributed by atoms with Gasteiger partial charge in [0.1, 0.15) is 5.75 Å². The molecule has 0 aliphatic carbocycles. The summed E-state index contributed by atoms with van der Waals surface area (Å²) in [5.41, 5.74) is 2.11. The molecular weight excluding hydrogens is 292 g/mol. The van der Waals surface area contributed by atoms with Crippen LogP contribution in [-0.4, -0.2) is 12.1 Å². The lowest BCUT2D eigenvalue weighted by atomic mass is 10.2. The Bertz CT molecular complexity index is 724. The van der Waals surface area contributed by atoms with E-state index in [0.29, 0.717) is 0 Å². The highest BCUT2D eigenvalue weighted by molar-refractivity contribution is 7.22. The number of methoxy groups -OCH3 is 1. The van der Waals surface area contributed by atoms with Crippen LogP contribution >= 0.6 is 22.9 Å². The summed E-state index contributed by atoms with van der Waals surface area (Å²) in [6, 6.07) is 13.7. The summed E-state index contributed by atoms with van der Waals surface area (Å²) in [6.45, 7) is 0.724. The van der Waals surface area contributed by atoms with Crippen molar-refractivity contribution in [3.63, 3.8) is 0 Å². The molecule has 0 spiro atoms. The van der Waals surface area contributed by atoms with Gasteiger partial charge in [0.05, 0.1) is 22.3 Å². The second-order valence-electron chi connectivity index (χ2n) is 4.31. The van der Waals surface area contributed by atoms with Crippen molar-refractivity contribution in [3.8, 4) is 5.75 Å². The lowest BCUT2D eigenvalue weighted by Crippen LogP contribution is -1.98. The lowest BCUT2D eigenvalue weighted by molar-refractivity contribution is 0.414. The number of halogens is 1. The minimum Gasteiger partial charge on any atom is -0.497 e. The number of nitrogens with one attached hydrogen (secondary N) is 1. The van der Waals surface area contributed by atoms with Crippen LogP contribution in [0.2, 0.25) is 5.02 Å². The Balaban J connectivity index is 1.74. The number of hydrogen-bond acceptors (Lipinski definition) is 4. The van der Waals surface area contributed by atoms with Crippen LogP contribution in [-0.2, 0) is 6.54 Å². The van der Waals surface area contributed by atoms with Crippen LogP contribution in [0.5, 0.6) is 5.75 Å². The molecule has 3 aromatic rings. The van der Waals surface area contributed by atoms with Crippen molar-refractivity contribution < 1.29 is 4.74 Å². The van der Waals surface area contributed by atoms with E-state index in [2.05, 4.69) is 10.3 Å². The summed E-state index contributed by atoms with van der Waals surface area (Å²) in [5.74, 6) is 0.862. The maximum absolute atomic E-state index is 6.15. The van der Waals surface area contributed by atoms with Crippen molar-refractivity contribution in [1.29, 1.82) is 0 Å². The molecule has 0 fully saturated rings. The van der Waals surface area contributed by atoms with Crippen LogP contribution in [0.3, 0.4) is 0 Å². The largest absolute Gasteiger partial charge is 0.497 e. The highest BCUT2D eigenvalue weighted by atomic mass is 35.5. The van der Waals surface area contributed by atoms with Crippen molar-refractivity contribution in [3.05, 3.63) is 53.1 Å². The van der Waals surface area contributed by atoms with Crippen LogP contribution in [0.4, 0.5) is 5.13 Å². The number of hydrogen-bond donors (Lipinski definition) is 1. The maximum Gasteiger partial charge on any atom is 0.184 e. The molecule has 20 heavy (non-hydrogen) atoms. The SMILES string of the molecule is COc1ccc(CNc2nc3cccc(Cl)c3s2)cc1. The van der Waals surface area contributed by atoms with Gasteiger partial charge in [0.15, 0.2) is 5.13 Å². The van der Waals surface area contributed by atoms with Gasteiger partial charge in [0.2, 0.25) is 0 Å². The van der Waals surface area contributed by atoms with Gasteiger partial charge in [-0.2, -0.15) is 0 Å². The summed E-state index contributed by atoms with van der Waals surface area (Å²) in [4.78, 5) is 4.52. The fourth-order valence-electron chi connectivity index (χ4n) is 1.91. The second-order valence-corrected chi connectivity index (χ2v) is 5.72. The molecule has 1 N–H and O–H groups in total. The summed E-state index contributed by atoms with van der Waals surface area (Å²) in [6.07, 6.45) is 0. The van der Waals surface area contributed by atoms with Gasteiger partial charge in [-0.05, 0) is 29.8 Å². The Labute approximate surface area is 126 Å². The molecule has 102 valence electrons. The Hall–Kier alpha value is -1.78. The number of ether oxygens (including phenoxy) is 1. The van der Waals surface area contributed by atoms with E-state index in [1.165, 1.54) is 5.56 Å². The number of fused-ring (bicyclic) bond motifs is 1. The molecule has 3 rings (SSSR count). The van der Waals surface area contributed by atoms with E-state index in [4.69, 9.17) is 16.3 Å². The Morgan fingerprint density at radius 1 is 1.20 bits per heavy atom. The van der Waals surface area contributed by atoms with Gasteiger partial charge in [0, 0.05) is 6.54 Å². The molecule has 0 amide bonds. The van der Waals surface area contributed by atoms with Crippen molar-refractivity contribution in [2.24, 2.45) is 0 Å². The Morgan fingerprint density at radius 2 is 2.00 bits per heavy atom. The highest BCUT2D eigenvalue weighted by Crippen LogP contribution is 2.31. The van der Waals surface area contributed by atoms with E-state index in [0.717, 1.165) is 32.7 Å². The van der Waals surface area contributed by atoms with Gasteiger partial charge in [-0.1, -0.05) is 41.1 Å². The predicted molar refractivity (Wildman–Crippen MR) is 85.0 cm³/mol. The minimum atomic E-state index is 0.724.